The first-order valence-corrected chi connectivity index (χ1v) is 10.7. The maximum Gasteiger partial charge on any atom is 0.174 e. The summed E-state index contributed by atoms with van der Waals surface area (Å²) < 4.78 is 8.13. The number of phenols is 1. The fraction of sp³-hybridized carbons (Fsp3) is 0.304. The van der Waals surface area contributed by atoms with Crippen LogP contribution in [-0.4, -0.2) is 32.5 Å². The number of benzene rings is 1. The van der Waals surface area contributed by atoms with E-state index in [9.17, 15) is 5.11 Å². The first kappa shape index (κ1) is 19.1. The molecule has 4 heterocycles. The molecule has 6 nitrogen and oxygen atoms in total. The Bertz CT molecular complexity index is 1030. The second-order valence-electron chi connectivity index (χ2n) is 7.71. The SMILES string of the molecule is Oc1ccccc1N1C(=S)N[C@H](c2ccccn2)[C@@H]1c1cccn1C[C@@H]1CCCO1. The second kappa shape index (κ2) is 8.08. The number of aromatic nitrogens is 2. The molecule has 0 radical (unpaired) electrons. The fourth-order valence-electron chi connectivity index (χ4n) is 4.45. The molecule has 3 atom stereocenters. The minimum atomic E-state index is -0.155. The van der Waals surface area contributed by atoms with Crippen LogP contribution in [0.3, 0.4) is 0 Å². The van der Waals surface area contributed by atoms with Gasteiger partial charge in [0.2, 0.25) is 0 Å². The van der Waals surface area contributed by atoms with Gasteiger partial charge in [-0.15, -0.1) is 0 Å². The number of ether oxygens (including phenoxy) is 1. The third kappa shape index (κ3) is 3.44. The lowest BCUT2D eigenvalue weighted by Crippen LogP contribution is -2.31. The van der Waals surface area contributed by atoms with Crippen LogP contribution in [0.2, 0.25) is 0 Å². The summed E-state index contributed by atoms with van der Waals surface area (Å²) in [6.45, 7) is 1.63. The first-order valence-electron chi connectivity index (χ1n) is 10.3. The van der Waals surface area contributed by atoms with Crippen LogP contribution in [0.4, 0.5) is 5.69 Å². The van der Waals surface area contributed by atoms with E-state index >= 15 is 0 Å². The van der Waals surface area contributed by atoms with Gasteiger partial charge in [-0.25, -0.2) is 0 Å². The molecule has 2 N–H and O–H groups in total. The lowest BCUT2D eigenvalue weighted by atomic mass is 10.0. The predicted octanol–water partition coefficient (Wildman–Crippen LogP) is 3.94. The standard InChI is InChI=1S/C23H24N4O2S/c28-20-11-2-1-9-18(20)27-22(21(25-23(27)30)17-8-3-4-12-24-17)19-10-5-13-26(19)15-16-7-6-14-29-16/h1-5,8-13,16,21-22,28H,6-7,14-15H2,(H,25,30)/t16-,21+,22-/m0/s1. The highest BCUT2D eigenvalue weighted by Gasteiger charge is 2.43. The number of rotatable bonds is 5. The third-order valence-corrected chi connectivity index (χ3v) is 6.15. The van der Waals surface area contributed by atoms with E-state index in [2.05, 4.69) is 33.2 Å². The number of pyridine rings is 1. The number of hydrogen-bond acceptors (Lipinski definition) is 4. The minimum absolute atomic E-state index is 0.142. The topological polar surface area (TPSA) is 62.5 Å². The van der Waals surface area contributed by atoms with E-state index in [1.165, 1.54) is 0 Å². The van der Waals surface area contributed by atoms with Crippen molar-refractivity contribution < 1.29 is 9.84 Å². The first-order chi connectivity index (χ1) is 14.7. The van der Waals surface area contributed by atoms with Crippen molar-refractivity contribution in [2.45, 2.75) is 37.6 Å². The zero-order chi connectivity index (χ0) is 20.5. The van der Waals surface area contributed by atoms with E-state index in [1.807, 2.05) is 41.3 Å². The molecule has 7 heteroatoms. The van der Waals surface area contributed by atoms with Crippen molar-refractivity contribution in [1.82, 2.24) is 14.9 Å². The van der Waals surface area contributed by atoms with E-state index in [4.69, 9.17) is 17.0 Å². The number of para-hydroxylation sites is 2. The zero-order valence-electron chi connectivity index (χ0n) is 16.5. The van der Waals surface area contributed by atoms with Crippen molar-refractivity contribution in [3.8, 4) is 5.75 Å². The molecule has 1 aromatic carbocycles. The summed E-state index contributed by atoms with van der Waals surface area (Å²) in [5.74, 6) is 0.200. The van der Waals surface area contributed by atoms with Crippen molar-refractivity contribution in [2.75, 3.05) is 11.5 Å². The number of phenolic OH excluding ortho intramolecular Hbond substituents is 1. The Balaban J connectivity index is 1.59. The van der Waals surface area contributed by atoms with Crippen LogP contribution in [0.25, 0.3) is 0 Å². The quantitative estimate of drug-likeness (QED) is 0.610. The molecule has 0 spiro atoms. The Morgan fingerprint density at radius 1 is 1.13 bits per heavy atom. The fourth-order valence-corrected chi connectivity index (χ4v) is 4.79. The van der Waals surface area contributed by atoms with Crippen LogP contribution >= 0.6 is 12.2 Å². The third-order valence-electron chi connectivity index (χ3n) is 5.83. The highest BCUT2D eigenvalue weighted by Crippen LogP contribution is 2.44. The molecule has 2 saturated heterocycles. The van der Waals surface area contributed by atoms with Gasteiger partial charge in [0.25, 0.3) is 0 Å². The van der Waals surface area contributed by atoms with Gasteiger partial charge >= 0.3 is 0 Å². The number of nitrogens with one attached hydrogen (secondary N) is 1. The van der Waals surface area contributed by atoms with Crippen molar-refractivity contribution in [2.24, 2.45) is 0 Å². The summed E-state index contributed by atoms with van der Waals surface area (Å²) in [6.07, 6.45) is 6.30. The molecule has 0 amide bonds. The van der Waals surface area contributed by atoms with Gasteiger partial charge in [0.1, 0.15) is 11.8 Å². The summed E-state index contributed by atoms with van der Waals surface area (Å²) >= 11 is 5.74. The van der Waals surface area contributed by atoms with E-state index < -0.39 is 0 Å². The monoisotopic (exact) mass is 420 g/mol. The van der Waals surface area contributed by atoms with Gasteiger partial charge in [0.05, 0.1) is 23.5 Å². The molecule has 0 aliphatic carbocycles. The summed E-state index contributed by atoms with van der Waals surface area (Å²) in [6, 6.07) is 17.1. The molecule has 2 aromatic heterocycles. The molecule has 0 bridgehead atoms. The average molecular weight is 421 g/mol. The lowest BCUT2D eigenvalue weighted by Gasteiger charge is -2.29. The molecule has 2 fully saturated rings. The molecule has 0 saturated carbocycles. The summed E-state index contributed by atoms with van der Waals surface area (Å²) in [5, 5.41) is 14.6. The summed E-state index contributed by atoms with van der Waals surface area (Å²) in [7, 11) is 0. The Morgan fingerprint density at radius 3 is 2.77 bits per heavy atom. The molecule has 3 aromatic rings. The van der Waals surface area contributed by atoms with E-state index in [-0.39, 0.29) is 23.9 Å². The van der Waals surface area contributed by atoms with Crippen molar-refractivity contribution in [3.63, 3.8) is 0 Å². The zero-order valence-corrected chi connectivity index (χ0v) is 17.3. The van der Waals surface area contributed by atoms with Crippen LogP contribution < -0.4 is 10.2 Å². The second-order valence-corrected chi connectivity index (χ2v) is 8.09. The van der Waals surface area contributed by atoms with E-state index in [0.717, 1.165) is 37.4 Å². The van der Waals surface area contributed by atoms with Crippen LogP contribution in [0.1, 0.15) is 36.3 Å². The molecular weight excluding hydrogens is 396 g/mol. The molecule has 0 unspecified atom stereocenters. The van der Waals surface area contributed by atoms with Gasteiger partial charge in [-0.2, -0.15) is 0 Å². The maximum atomic E-state index is 10.6. The number of hydrogen-bond donors (Lipinski definition) is 2. The van der Waals surface area contributed by atoms with Crippen molar-refractivity contribution in [1.29, 1.82) is 0 Å². The Labute approximate surface area is 181 Å². The smallest absolute Gasteiger partial charge is 0.174 e. The molecule has 154 valence electrons. The Morgan fingerprint density at radius 2 is 2.00 bits per heavy atom. The largest absolute Gasteiger partial charge is 0.506 e. The number of thiocarbonyl (C=S) groups is 1. The molecule has 2 aliphatic heterocycles. The van der Waals surface area contributed by atoms with Crippen LogP contribution in [-0.2, 0) is 11.3 Å². The Hall–Kier alpha value is -2.90. The van der Waals surface area contributed by atoms with E-state index in [0.29, 0.717) is 10.8 Å². The number of nitrogens with zero attached hydrogens (tertiary/aromatic N) is 3. The molecule has 30 heavy (non-hydrogen) atoms. The lowest BCUT2D eigenvalue weighted by molar-refractivity contribution is 0.0961. The number of anilines is 1. The summed E-state index contributed by atoms with van der Waals surface area (Å²) in [5.41, 5.74) is 2.70. The van der Waals surface area contributed by atoms with Crippen molar-refractivity contribution in [3.05, 3.63) is 78.4 Å². The van der Waals surface area contributed by atoms with Gasteiger partial charge in [-0.3, -0.25) is 4.98 Å². The van der Waals surface area contributed by atoms with E-state index in [1.54, 1.807) is 12.3 Å². The van der Waals surface area contributed by atoms with Gasteiger partial charge in [0.15, 0.2) is 5.11 Å². The van der Waals surface area contributed by atoms with Crippen LogP contribution in [0.5, 0.6) is 5.75 Å². The highest BCUT2D eigenvalue weighted by atomic mass is 32.1. The van der Waals surface area contributed by atoms with Gasteiger partial charge < -0.3 is 24.6 Å². The van der Waals surface area contributed by atoms with Gasteiger partial charge in [0, 0.05) is 31.2 Å². The van der Waals surface area contributed by atoms with Crippen LogP contribution in [0.15, 0.2) is 67.0 Å². The maximum absolute atomic E-state index is 10.6. The number of aromatic hydroxyl groups is 1. The van der Waals surface area contributed by atoms with Gasteiger partial charge in [-0.1, -0.05) is 18.2 Å². The molecule has 2 aliphatic rings. The molecule has 5 rings (SSSR count). The van der Waals surface area contributed by atoms with Gasteiger partial charge in [-0.05, 0) is 61.5 Å². The highest BCUT2D eigenvalue weighted by molar-refractivity contribution is 7.80. The summed E-state index contributed by atoms with van der Waals surface area (Å²) in [4.78, 5) is 6.60. The predicted molar refractivity (Wildman–Crippen MR) is 119 cm³/mol. The van der Waals surface area contributed by atoms with Crippen LogP contribution in [0, 0.1) is 0 Å². The Kier molecular flexibility index (Phi) is 5.14. The minimum Gasteiger partial charge on any atom is -0.506 e. The average Bonchev–Trinajstić information content (AvgIpc) is 3.50. The van der Waals surface area contributed by atoms with Crippen molar-refractivity contribution >= 4 is 23.0 Å². The normalized spacial score (nSPS) is 23.7. The molecular formula is C23H24N4O2S.